The van der Waals surface area contributed by atoms with Crippen LogP contribution in [0.4, 0.5) is 0 Å². The van der Waals surface area contributed by atoms with Crippen molar-refractivity contribution in [3.05, 3.63) is 60.2 Å². The molecule has 2 N–H and O–H groups in total. The van der Waals surface area contributed by atoms with Gasteiger partial charge in [0.05, 0.1) is 0 Å². The molecule has 0 radical (unpaired) electrons. The minimum absolute atomic E-state index is 0.0639. The average Bonchev–Trinajstić information content (AvgIpc) is 3.31. The standard InChI is InChI=1S/C31H38N6O2/c1-30-13-7-23(34-36-28(38)20-9-15-32-16-10-20)19-22(30)3-4-24-25-5-6-27(31(25,2)14-8-26(24)30)35-37-29(39)21-11-17-33-18-12-21/h9-12,15-18,22,24-26H,3-8,13-14,19H2,1-2H3,(H,36,38)(H,37,39)/t22-,24?,25?,26?,30-,31-/m0/s1. The van der Waals surface area contributed by atoms with Crippen LogP contribution >= 0.6 is 0 Å². The molecule has 2 aromatic heterocycles. The highest BCUT2D eigenvalue weighted by atomic mass is 16.2. The first-order valence-electron chi connectivity index (χ1n) is 14.4. The van der Waals surface area contributed by atoms with Crippen LogP contribution < -0.4 is 10.9 Å². The number of amides is 2. The van der Waals surface area contributed by atoms with Crippen molar-refractivity contribution in [2.75, 3.05) is 0 Å². The monoisotopic (exact) mass is 526 g/mol. The highest BCUT2D eigenvalue weighted by molar-refractivity contribution is 5.97. The summed E-state index contributed by atoms with van der Waals surface area (Å²) < 4.78 is 0. The molecule has 0 aliphatic heterocycles. The predicted octanol–water partition coefficient (Wildman–Crippen LogP) is 5.39. The van der Waals surface area contributed by atoms with E-state index in [0.717, 1.165) is 44.2 Å². The average molecular weight is 527 g/mol. The molecular formula is C31H38N6O2. The van der Waals surface area contributed by atoms with Crippen molar-refractivity contribution in [2.24, 2.45) is 44.7 Å². The number of hydrogen-bond donors (Lipinski definition) is 2. The Hall–Kier alpha value is -3.42. The Morgan fingerprint density at radius 2 is 1.44 bits per heavy atom. The molecular weight excluding hydrogens is 488 g/mol. The number of nitrogens with zero attached hydrogens (tertiary/aromatic N) is 4. The summed E-state index contributed by atoms with van der Waals surface area (Å²) in [6, 6.07) is 6.85. The van der Waals surface area contributed by atoms with E-state index in [0.29, 0.717) is 40.2 Å². The second-order valence-corrected chi connectivity index (χ2v) is 12.4. The number of pyridine rings is 2. The fourth-order valence-electron chi connectivity index (χ4n) is 8.52. The van der Waals surface area contributed by atoms with Gasteiger partial charge in [-0.05, 0) is 111 Å². The van der Waals surface area contributed by atoms with E-state index in [2.05, 4.69) is 39.8 Å². The van der Waals surface area contributed by atoms with E-state index in [-0.39, 0.29) is 17.2 Å². The van der Waals surface area contributed by atoms with Gasteiger partial charge in [-0.15, -0.1) is 0 Å². The van der Waals surface area contributed by atoms with Gasteiger partial charge >= 0.3 is 0 Å². The van der Waals surface area contributed by atoms with Crippen molar-refractivity contribution < 1.29 is 9.59 Å². The van der Waals surface area contributed by atoms with E-state index in [4.69, 9.17) is 5.10 Å². The zero-order valence-corrected chi connectivity index (χ0v) is 22.9. The summed E-state index contributed by atoms with van der Waals surface area (Å²) in [4.78, 5) is 33.0. The molecule has 2 aromatic rings. The SMILES string of the molecule is C[C@]12CCC3C(CC[C@H]4CC(=NNC(=O)c5ccncc5)CC[C@]34C)C1CCC2=NNC(=O)c1ccncc1. The summed E-state index contributed by atoms with van der Waals surface area (Å²) >= 11 is 0. The normalized spacial score (nSPS) is 35.5. The van der Waals surface area contributed by atoms with Gasteiger partial charge in [0.1, 0.15) is 0 Å². The molecule has 0 spiro atoms. The largest absolute Gasteiger partial charge is 0.271 e. The van der Waals surface area contributed by atoms with Crippen LogP contribution in [-0.2, 0) is 0 Å². The summed E-state index contributed by atoms with van der Waals surface area (Å²) in [5.41, 5.74) is 9.45. The second kappa shape index (κ2) is 10.3. The number of rotatable bonds is 4. The first kappa shape index (κ1) is 25.8. The van der Waals surface area contributed by atoms with Gasteiger partial charge < -0.3 is 0 Å². The Morgan fingerprint density at radius 1 is 0.795 bits per heavy atom. The van der Waals surface area contributed by atoms with Crippen LogP contribution in [0.15, 0.2) is 59.3 Å². The summed E-state index contributed by atoms with van der Waals surface area (Å²) in [5, 5.41) is 9.26. The number of aromatic nitrogens is 2. The summed E-state index contributed by atoms with van der Waals surface area (Å²) in [6.07, 6.45) is 16.5. The first-order valence-corrected chi connectivity index (χ1v) is 14.4. The molecule has 6 atom stereocenters. The fraction of sp³-hybridized carbons (Fsp3) is 0.548. The van der Waals surface area contributed by atoms with Crippen molar-refractivity contribution in [3.8, 4) is 0 Å². The molecule has 0 aromatic carbocycles. The van der Waals surface area contributed by atoms with Gasteiger partial charge in [-0.3, -0.25) is 19.6 Å². The van der Waals surface area contributed by atoms with E-state index in [1.165, 1.54) is 25.0 Å². The van der Waals surface area contributed by atoms with Gasteiger partial charge in [-0.1, -0.05) is 13.8 Å². The van der Waals surface area contributed by atoms with Crippen LogP contribution in [-0.4, -0.2) is 33.2 Å². The molecule has 0 bridgehead atoms. The van der Waals surface area contributed by atoms with Crippen LogP contribution in [0.2, 0.25) is 0 Å². The van der Waals surface area contributed by atoms with E-state index in [9.17, 15) is 9.59 Å². The molecule has 204 valence electrons. The zero-order chi connectivity index (χ0) is 27.0. The Labute approximate surface area is 230 Å². The van der Waals surface area contributed by atoms with Crippen LogP contribution in [0.1, 0.15) is 92.4 Å². The van der Waals surface area contributed by atoms with Crippen molar-refractivity contribution in [3.63, 3.8) is 0 Å². The second-order valence-electron chi connectivity index (χ2n) is 12.4. The number of hydrogen-bond acceptors (Lipinski definition) is 6. The molecule has 2 amide bonds. The lowest BCUT2D eigenvalue weighted by molar-refractivity contribution is -0.0815. The minimum Gasteiger partial charge on any atom is -0.267 e. The van der Waals surface area contributed by atoms with Crippen molar-refractivity contribution in [2.45, 2.75) is 71.6 Å². The zero-order valence-electron chi connectivity index (χ0n) is 22.9. The van der Waals surface area contributed by atoms with Crippen LogP contribution in [0.25, 0.3) is 0 Å². The summed E-state index contributed by atoms with van der Waals surface area (Å²) in [7, 11) is 0. The first-order chi connectivity index (χ1) is 18.9. The smallest absolute Gasteiger partial charge is 0.267 e. The van der Waals surface area contributed by atoms with E-state index in [1.807, 2.05) is 0 Å². The van der Waals surface area contributed by atoms with E-state index >= 15 is 0 Å². The molecule has 8 heteroatoms. The molecule has 4 fully saturated rings. The van der Waals surface area contributed by atoms with Crippen LogP contribution in [0.5, 0.6) is 0 Å². The summed E-state index contributed by atoms with van der Waals surface area (Å²) in [5.74, 6) is 2.31. The molecule has 39 heavy (non-hydrogen) atoms. The van der Waals surface area contributed by atoms with Crippen LogP contribution in [0.3, 0.4) is 0 Å². The third-order valence-corrected chi connectivity index (χ3v) is 10.7. The predicted molar refractivity (Wildman–Crippen MR) is 150 cm³/mol. The molecule has 2 heterocycles. The number of carbonyl (C=O) groups is 2. The van der Waals surface area contributed by atoms with Gasteiger partial charge in [0.15, 0.2) is 0 Å². The molecule has 4 saturated carbocycles. The van der Waals surface area contributed by atoms with Crippen molar-refractivity contribution >= 4 is 23.2 Å². The maximum atomic E-state index is 12.6. The molecule has 4 aliphatic carbocycles. The van der Waals surface area contributed by atoms with Gasteiger partial charge in [0, 0.05) is 52.8 Å². The van der Waals surface area contributed by atoms with Crippen LogP contribution in [0, 0.1) is 34.5 Å². The lowest BCUT2D eigenvalue weighted by Gasteiger charge is -2.59. The quantitative estimate of drug-likeness (QED) is 0.521. The Bertz CT molecular complexity index is 1290. The summed E-state index contributed by atoms with van der Waals surface area (Å²) in [6.45, 7) is 4.92. The molecule has 8 nitrogen and oxygen atoms in total. The third-order valence-electron chi connectivity index (χ3n) is 10.7. The Balaban J connectivity index is 1.12. The number of carbonyl (C=O) groups excluding carboxylic acids is 2. The Morgan fingerprint density at radius 3 is 2.10 bits per heavy atom. The highest BCUT2D eigenvalue weighted by Gasteiger charge is 2.59. The minimum atomic E-state index is -0.177. The van der Waals surface area contributed by atoms with E-state index in [1.54, 1.807) is 49.1 Å². The fourth-order valence-corrected chi connectivity index (χ4v) is 8.52. The molecule has 6 rings (SSSR count). The molecule has 0 saturated heterocycles. The number of nitrogens with one attached hydrogen (secondary N) is 2. The van der Waals surface area contributed by atoms with Crippen molar-refractivity contribution in [1.82, 2.24) is 20.8 Å². The van der Waals surface area contributed by atoms with Gasteiger partial charge in [0.2, 0.25) is 0 Å². The maximum absolute atomic E-state index is 12.6. The molecule has 3 unspecified atom stereocenters. The van der Waals surface area contributed by atoms with Gasteiger partial charge in [0.25, 0.3) is 11.8 Å². The number of fused-ring (bicyclic) bond motifs is 5. The Kier molecular flexibility index (Phi) is 6.81. The maximum Gasteiger partial charge on any atom is 0.271 e. The molecule has 4 aliphatic rings. The topological polar surface area (TPSA) is 109 Å². The lowest BCUT2D eigenvalue weighted by Crippen LogP contribution is -2.53. The number of hydrazone groups is 2. The lowest BCUT2D eigenvalue weighted by atomic mass is 9.45. The van der Waals surface area contributed by atoms with E-state index < -0.39 is 0 Å². The van der Waals surface area contributed by atoms with Gasteiger partial charge in [-0.25, -0.2) is 10.9 Å². The third kappa shape index (κ3) is 4.68. The highest BCUT2D eigenvalue weighted by Crippen LogP contribution is 2.65. The van der Waals surface area contributed by atoms with Crippen molar-refractivity contribution in [1.29, 1.82) is 0 Å². The van der Waals surface area contributed by atoms with Gasteiger partial charge in [-0.2, -0.15) is 10.2 Å².